The Hall–Kier alpha value is -3.00. The molecule has 0 bridgehead atoms. The zero-order chi connectivity index (χ0) is 22.5. The van der Waals surface area contributed by atoms with Gasteiger partial charge in [-0.3, -0.25) is 4.90 Å². The molecule has 3 aromatic rings. The van der Waals surface area contributed by atoms with Gasteiger partial charge in [-0.05, 0) is 60.4 Å². The molecule has 1 aliphatic rings. The van der Waals surface area contributed by atoms with Gasteiger partial charge in [0.2, 0.25) is 0 Å². The van der Waals surface area contributed by atoms with Gasteiger partial charge in [0.15, 0.2) is 0 Å². The van der Waals surface area contributed by atoms with Gasteiger partial charge in [0.25, 0.3) is 0 Å². The molecule has 0 radical (unpaired) electrons. The van der Waals surface area contributed by atoms with Gasteiger partial charge in [-0.15, -0.1) is 0 Å². The van der Waals surface area contributed by atoms with Crippen LogP contribution in [0.5, 0.6) is 5.75 Å². The molecule has 0 spiro atoms. The van der Waals surface area contributed by atoms with Crippen LogP contribution in [0.1, 0.15) is 28.7 Å². The van der Waals surface area contributed by atoms with Crippen molar-refractivity contribution < 1.29 is 4.74 Å². The fourth-order valence-electron chi connectivity index (χ4n) is 4.41. The summed E-state index contributed by atoms with van der Waals surface area (Å²) in [7, 11) is 1.71. The second kappa shape index (κ2) is 10.1. The van der Waals surface area contributed by atoms with Crippen LogP contribution in [0.15, 0.2) is 66.7 Å². The maximum absolute atomic E-state index is 9.28. The van der Waals surface area contributed by atoms with E-state index in [1.165, 1.54) is 16.7 Å². The molecule has 0 saturated carbocycles. The summed E-state index contributed by atoms with van der Waals surface area (Å²) in [5, 5.41) is 9.79. The summed E-state index contributed by atoms with van der Waals surface area (Å²) in [4.78, 5) is 4.94. The van der Waals surface area contributed by atoms with Gasteiger partial charge in [0.1, 0.15) is 11.8 Å². The Bertz CT molecular complexity index is 1120. The number of nitriles is 1. The summed E-state index contributed by atoms with van der Waals surface area (Å²) in [6.07, 6.45) is 1.08. The van der Waals surface area contributed by atoms with Gasteiger partial charge < -0.3 is 9.64 Å². The molecule has 3 aromatic carbocycles. The highest BCUT2D eigenvalue weighted by molar-refractivity contribution is 6.32. The van der Waals surface area contributed by atoms with E-state index in [0.29, 0.717) is 16.6 Å². The van der Waals surface area contributed by atoms with Crippen molar-refractivity contribution in [3.63, 3.8) is 0 Å². The van der Waals surface area contributed by atoms with E-state index < -0.39 is 0 Å². The van der Waals surface area contributed by atoms with Crippen LogP contribution in [0.3, 0.4) is 0 Å². The quantitative estimate of drug-likeness (QED) is 0.460. The maximum atomic E-state index is 9.28. The van der Waals surface area contributed by atoms with Crippen LogP contribution >= 0.6 is 11.6 Å². The molecule has 32 heavy (non-hydrogen) atoms. The van der Waals surface area contributed by atoms with Crippen molar-refractivity contribution in [2.45, 2.75) is 32.5 Å². The predicted octanol–water partition coefficient (Wildman–Crippen LogP) is 5.81. The summed E-state index contributed by atoms with van der Waals surface area (Å²) in [6.45, 7) is 5.88. The molecule has 1 heterocycles. The van der Waals surface area contributed by atoms with Gasteiger partial charge in [-0.25, -0.2) is 0 Å². The minimum Gasteiger partial charge on any atom is -0.497 e. The number of hydrogen-bond donors (Lipinski definition) is 0. The number of rotatable bonds is 7. The first kappa shape index (κ1) is 22.2. The Labute approximate surface area is 195 Å². The molecule has 0 unspecified atom stereocenters. The minimum absolute atomic E-state index is 0.365. The number of benzene rings is 3. The number of aryl methyl sites for hydroxylation is 1. The van der Waals surface area contributed by atoms with Crippen LogP contribution in [0, 0.1) is 18.3 Å². The molecule has 0 aromatic heterocycles. The molecule has 1 saturated heterocycles. The SMILES string of the molecule is COc1cccc(CN2CC[C@H](N(Cc3ccccc3C)c3ccc(C#N)c(Cl)c3)C2)c1. The molecular formula is C27H28ClN3O. The molecule has 1 atom stereocenters. The van der Waals surface area contributed by atoms with E-state index in [0.717, 1.165) is 44.0 Å². The predicted molar refractivity (Wildman–Crippen MR) is 130 cm³/mol. The first-order valence-electron chi connectivity index (χ1n) is 10.9. The third-order valence-electron chi connectivity index (χ3n) is 6.24. The van der Waals surface area contributed by atoms with Gasteiger partial charge in [-0.2, -0.15) is 5.26 Å². The number of anilines is 1. The van der Waals surface area contributed by atoms with E-state index in [2.05, 4.69) is 59.2 Å². The molecule has 164 valence electrons. The van der Waals surface area contributed by atoms with Gasteiger partial charge in [-0.1, -0.05) is 48.0 Å². The monoisotopic (exact) mass is 445 g/mol. The van der Waals surface area contributed by atoms with Crippen molar-refractivity contribution in [2.24, 2.45) is 0 Å². The Morgan fingerprint density at radius 1 is 1.12 bits per heavy atom. The third-order valence-corrected chi connectivity index (χ3v) is 6.55. The van der Waals surface area contributed by atoms with Crippen molar-refractivity contribution in [3.8, 4) is 11.8 Å². The van der Waals surface area contributed by atoms with Crippen LogP contribution in [0.4, 0.5) is 5.69 Å². The van der Waals surface area contributed by atoms with Crippen molar-refractivity contribution in [1.29, 1.82) is 5.26 Å². The van der Waals surface area contributed by atoms with E-state index in [1.54, 1.807) is 7.11 Å². The second-order valence-corrected chi connectivity index (χ2v) is 8.77. The highest BCUT2D eigenvalue weighted by atomic mass is 35.5. The Morgan fingerprint density at radius 2 is 1.97 bits per heavy atom. The Morgan fingerprint density at radius 3 is 2.72 bits per heavy atom. The second-order valence-electron chi connectivity index (χ2n) is 8.36. The number of nitrogens with zero attached hydrogens (tertiary/aromatic N) is 3. The van der Waals surface area contributed by atoms with Crippen molar-refractivity contribution in [3.05, 3.63) is 94.0 Å². The van der Waals surface area contributed by atoms with Crippen molar-refractivity contribution in [1.82, 2.24) is 4.90 Å². The highest BCUT2D eigenvalue weighted by Gasteiger charge is 2.29. The van der Waals surface area contributed by atoms with Crippen LogP contribution in [0.25, 0.3) is 0 Å². The zero-order valence-corrected chi connectivity index (χ0v) is 19.3. The molecule has 0 amide bonds. The maximum Gasteiger partial charge on any atom is 0.119 e. The van der Waals surface area contributed by atoms with Gasteiger partial charge >= 0.3 is 0 Å². The molecule has 0 aliphatic carbocycles. The first-order chi connectivity index (χ1) is 15.6. The largest absolute Gasteiger partial charge is 0.497 e. The molecule has 4 rings (SSSR count). The van der Waals surface area contributed by atoms with E-state index in [1.807, 2.05) is 30.3 Å². The number of hydrogen-bond acceptors (Lipinski definition) is 4. The van der Waals surface area contributed by atoms with Crippen LogP contribution < -0.4 is 9.64 Å². The molecular weight excluding hydrogens is 418 g/mol. The fourth-order valence-corrected chi connectivity index (χ4v) is 4.63. The average molecular weight is 446 g/mol. The molecule has 0 N–H and O–H groups in total. The van der Waals surface area contributed by atoms with Gasteiger partial charge in [0.05, 0.1) is 17.7 Å². The van der Waals surface area contributed by atoms with Crippen molar-refractivity contribution in [2.75, 3.05) is 25.1 Å². The summed E-state index contributed by atoms with van der Waals surface area (Å²) < 4.78 is 5.38. The van der Waals surface area contributed by atoms with E-state index >= 15 is 0 Å². The first-order valence-corrected chi connectivity index (χ1v) is 11.3. The average Bonchev–Trinajstić information content (AvgIpc) is 3.26. The Kier molecular flexibility index (Phi) is 6.99. The highest BCUT2D eigenvalue weighted by Crippen LogP contribution is 2.30. The lowest BCUT2D eigenvalue weighted by Crippen LogP contribution is -2.37. The number of likely N-dealkylation sites (tertiary alicyclic amines) is 1. The number of methoxy groups -OCH3 is 1. The molecule has 4 nitrogen and oxygen atoms in total. The normalized spacial score (nSPS) is 16.0. The van der Waals surface area contributed by atoms with Gasteiger partial charge in [0, 0.05) is 37.9 Å². The fraction of sp³-hybridized carbons (Fsp3) is 0.296. The molecule has 5 heteroatoms. The third kappa shape index (κ3) is 5.07. The van der Waals surface area contributed by atoms with E-state index in [4.69, 9.17) is 16.3 Å². The number of halogens is 1. The standard InChI is InChI=1S/C27H28ClN3O/c1-20-6-3-4-8-23(20)18-31(24-11-10-22(16-29)27(28)15-24)25-12-13-30(19-25)17-21-7-5-9-26(14-21)32-2/h3-11,14-15,25H,12-13,17-19H2,1-2H3/t25-/m0/s1. The smallest absolute Gasteiger partial charge is 0.119 e. The van der Waals surface area contributed by atoms with E-state index in [-0.39, 0.29) is 0 Å². The minimum atomic E-state index is 0.365. The van der Waals surface area contributed by atoms with E-state index in [9.17, 15) is 5.26 Å². The zero-order valence-electron chi connectivity index (χ0n) is 18.6. The summed E-state index contributed by atoms with van der Waals surface area (Å²) in [5.41, 5.74) is 5.42. The topological polar surface area (TPSA) is 39.5 Å². The van der Waals surface area contributed by atoms with Crippen LogP contribution in [0.2, 0.25) is 5.02 Å². The van der Waals surface area contributed by atoms with Crippen LogP contribution in [-0.4, -0.2) is 31.1 Å². The number of ether oxygens (including phenoxy) is 1. The lowest BCUT2D eigenvalue weighted by atomic mass is 10.1. The lowest BCUT2D eigenvalue weighted by Gasteiger charge is -2.32. The molecule has 1 aliphatic heterocycles. The molecule has 1 fully saturated rings. The lowest BCUT2D eigenvalue weighted by molar-refractivity contribution is 0.323. The summed E-state index contributed by atoms with van der Waals surface area (Å²) in [6, 6.07) is 25.1. The summed E-state index contributed by atoms with van der Waals surface area (Å²) >= 11 is 6.41. The van der Waals surface area contributed by atoms with Crippen molar-refractivity contribution >= 4 is 17.3 Å². The van der Waals surface area contributed by atoms with Crippen LogP contribution in [-0.2, 0) is 13.1 Å². The summed E-state index contributed by atoms with van der Waals surface area (Å²) in [5.74, 6) is 0.895. The Balaban J connectivity index is 1.56.